The SMILES string of the molecule is CC[C@@H](C)[C@H](NC(=O)[C@H](CC1CCCCC1)NC(=O)c1ccno1)C(=O)N1CCC2(C=Cc3ccccc32)CC1. The van der Waals surface area contributed by atoms with Crippen molar-refractivity contribution in [3.8, 4) is 0 Å². The Morgan fingerprint density at radius 2 is 1.82 bits per heavy atom. The third-order valence-corrected chi connectivity index (χ3v) is 9.40. The van der Waals surface area contributed by atoms with Crippen molar-refractivity contribution in [3.05, 3.63) is 59.5 Å². The van der Waals surface area contributed by atoms with Crippen LogP contribution in [0.25, 0.3) is 6.08 Å². The molecular formula is C32H42N4O4. The highest BCUT2D eigenvalue weighted by Gasteiger charge is 2.41. The largest absolute Gasteiger partial charge is 0.351 e. The van der Waals surface area contributed by atoms with Gasteiger partial charge in [-0.05, 0) is 42.2 Å². The van der Waals surface area contributed by atoms with E-state index in [1.807, 2.05) is 18.7 Å². The number of hydrogen-bond acceptors (Lipinski definition) is 5. The fourth-order valence-corrected chi connectivity index (χ4v) is 6.68. The lowest BCUT2D eigenvalue weighted by molar-refractivity contribution is -0.139. The number of benzene rings is 1. The highest BCUT2D eigenvalue weighted by Crippen LogP contribution is 2.43. The lowest BCUT2D eigenvalue weighted by atomic mass is 9.74. The van der Waals surface area contributed by atoms with Gasteiger partial charge in [0.1, 0.15) is 12.1 Å². The van der Waals surface area contributed by atoms with Crippen LogP contribution in [0.3, 0.4) is 0 Å². The molecule has 40 heavy (non-hydrogen) atoms. The van der Waals surface area contributed by atoms with Gasteiger partial charge in [-0.3, -0.25) is 14.4 Å². The van der Waals surface area contributed by atoms with Gasteiger partial charge in [0.2, 0.25) is 17.6 Å². The fraction of sp³-hybridized carbons (Fsp3) is 0.562. The number of rotatable bonds is 9. The number of hydrogen-bond donors (Lipinski definition) is 2. The number of nitrogens with zero attached hydrogens (tertiary/aromatic N) is 2. The van der Waals surface area contributed by atoms with Crippen molar-refractivity contribution < 1.29 is 18.9 Å². The highest BCUT2D eigenvalue weighted by atomic mass is 16.5. The van der Waals surface area contributed by atoms with Gasteiger partial charge in [-0.1, -0.05) is 93.9 Å². The average Bonchev–Trinajstić information content (AvgIpc) is 3.65. The monoisotopic (exact) mass is 546 g/mol. The molecule has 0 radical (unpaired) electrons. The summed E-state index contributed by atoms with van der Waals surface area (Å²) in [7, 11) is 0. The summed E-state index contributed by atoms with van der Waals surface area (Å²) in [5, 5.41) is 9.57. The molecule has 214 valence electrons. The molecule has 1 saturated carbocycles. The molecular weight excluding hydrogens is 504 g/mol. The Bertz CT molecular complexity index is 1210. The number of carbonyl (C=O) groups excluding carboxylic acids is 3. The van der Waals surface area contributed by atoms with Gasteiger partial charge in [-0.15, -0.1) is 0 Å². The van der Waals surface area contributed by atoms with E-state index in [4.69, 9.17) is 4.52 Å². The summed E-state index contributed by atoms with van der Waals surface area (Å²) in [6, 6.07) is 8.60. The van der Waals surface area contributed by atoms with Crippen molar-refractivity contribution in [2.45, 2.75) is 89.1 Å². The number of carbonyl (C=O) groups is 3. The minimum atomic E-state index is -0.746. The molecule has 1 aromatic carbocycles. The summed E-state index contributed by atoms with van der Waals surface area (Å²) in [5.41, 5.74) is 2.60. The van der Waals surface area contributed by atoms with Crippen LogP contribution in [-0.4, -0.2) is 53.0 Å². The Labute approximate surface area is 236 Å². The molecule has 0 bridgehead atoms. The fourth-order valence-electron chi connectivity index (χ4n) is 6.68. The Hall–Kier alpha value is -3.42. The Balaban J connectivity index is 1.27. The van der Waals surface area contributed by atoms with Crippen LogP contribution in [0.5, 0.6) is 0 Å². The van der Waals surface area contributed by atoms with E-state index in [2.05, 4.69) is 52.2 Å². The van der Waals surface area contributed by atoms with Crippen LogP contribution in [0.15, 0.2) is 47.1 Å². The third kappa shape index (κ3) is 6.01. The molecule has 3 amide bonds. The first-order chi connectivity index (χ1) is 19.4. The zero-order valence-electron chi connectivity index (χ0n) is 23.7. The minimum absolute atomic E-state index is 0.0153. The number of amides is 3. The number of piperidine rings is 1. The molecule has 1 spiro atoms. The maximum Gasteiger partial charge on any atom is 0.290 e. The maximum absolute atomic E-state index is 13.9. The molecule has 1 aromatic heterocycles. The molecule has 3 atom stereocenters. The van der Waals surface area contributed by atoms with E-state index in [-0.39, 0.29) is 28.9 Å². The second-order valence-electron chi connectivity index (χ2n) is 11.9. The topological polar surface area (TPSA) is 105 Å². The van der Waals surface area contributed by atoms with E-state index in [9.17, 15) is 14.4 Å². The maximum atomic E-state index is 13.9. The van der Waals surface area contributed by atoms with Crippen molar-refractivity contribution in [2.75, 3.05) is 13.1 Å². The third-order valence-electron chi connectivity index (χ3n) is 9.40. The van der Waals surface area contributed by atoms with Crippen LogP contribution in [0.2, 0.25) is 0 Å². The molecule has 2 heterocycles. The molecule has 8 heteroatoms. The quantitative estimate of drug-likeness (QED) is 0.467. The molecule has 1 aliphatic heterocycles. The Morgan fingerprint density at radius 3 is 2.52 bits per heavy atom. The van der Waals surface area contributed by atoms with Crippen LogP contribution in [-0.2, 0) is 15.0 Å². The number of allylic oxidation sites excluding steroid dienone is 1. The van der Waals surface area contributed by atoms with E-state index in [0.29, 0.717) is 25.4 Å². The lowest BCUT2D eigenvalue weighted by Crippen LogP contribution is -2.58. The van der Waals surface area contributed by atoms with E-state index < -0.39 is 18.0 Å². The van der Waals surface area contributed by atoms with Gasteiger partial charge in [0.05, 0.1) is 6.20 Å². The highest BCUT2D eigenvalue weighted by molar-refractivity contribution is 5.96. The molecule has 2 fully saturated rings. The molecule has 0 unspecified atom stereocenters. The van der Waals surface area contributed by atoms with E-state index >= 15 is 0 Å². The van der Waals surface area contributed by atoms with Gasteiger partial charge < -0.3 is 20.1 Å². The first kappa shape index (κ1) is 28.1. The van der Waals surface area contributed by atoms with E-state index in [1.54, 1.807) is 0 Å². The van der Waals surface area contributed by atoms with Gasteiger partial charge in [-0.2, -0.15) is 0 Å². The minimum Gasteiger partial charge on any atom is -0.351 e. The smallest absolute Gasteiger partial charge is 0.290 e. The van der Waals surface area contributed by atoms with E-state index in [1.165, 1.54) is 29.8 Å². The molecule has 1 saturated heterocycles. The Morgan fingerprint density at radius 1 is 1.07 bits per heavy atom. The summed E-state index contributed by atoms with van der Waals surface area (Å²) >= 11 is 0. The van der Waals surface area contributed by atoms with Crippen molar-refractivity contribution in [1.82, 2.24) is 20.7 Å². The van der Waals surface area contributed by atoms with Crippen molar-refractivity contribution in [2.24, 2.45) is 11.8 Å². The molecule has 5 rings (SSSR count). The van der Waals surface area contributed by atoms with Gasteiger partial charge >= 0.3 is 0 Å². The number of likely N-dealkylation sites (tertiary alicyclic amines) is 1. The summed E-state index contributed by atoms with van der Waals surface area (Å²) < 4.78 is 5.02. The second-order valence-corrected chi connectivity index (χ2v) is 11.9. The zero-order valence-corrected chi connectivity index (χ0v) is 23.7. The number of nitrogens with one attached hydrogen (secondary N) is 2. The predicted octanol–water partition coefficient (Wildman–Crippen LogP) is 4.86. The van der Waals surface area contributed by atoms with Crippen LogP contribution >= 0.6 is 0 Å². The van der Waals surface area contributed by atoms with Gasteiger partial charge in [-0.25, -0.2) is 0 Å². The summed E-state index contributed by atoms with van der Waals surface area (Å²) in [4.78, 5) is 42.4. The zero-order chi connectivity index (χ0) is 28.1. The van der Waals surface area contributed by atoms with Crippen molar-refractivity contribution in [3.63, 3.8) is 0 Å². The molecule has 2 aromatic rings. The normalized spacial score (nSPS) is 20.5. The number of aromatic nitrogens is 1. The van der Waals surface area contributed by atoms with E-state index in [0.717, 1.165) is 44.9 Å². The first-order valence-electron chi connectivity index (χ1n) is 15.0. The standard InChI is InChI=1S/C32H42N4O4/c1-3-22(2)28(31(39)36-19-16-32(17-20-36)15-13-24-11-7-8-12-25(24)32)35-29(37)26(21-23-9-5-4-6-10-23)34-30(38)27-14-18-33-40-27/h7-8,11-15,18,22-23,26,28H,3-6,9-10,16-17,19-21H2,1-2H3,(H,34,38)(H,35,37)/t22-,26+,28+/m1/s1. The van der Waals surface area contributed by atoms with Crippen molar-refractivity contribution >= 4 is 23.8 Å². The predicted molar refractivity (Wildman–Crippen MR) is 153 cm³/mol. The van der Waals surface area contributed by atoms with Crippen LogP contribution < -0.4 is 10.6 Å². The summed E-state index contributed by atoms with van der Waals surface area (Å²) in [5.74, 6) is -0.423. The molecule has 3 aliphatic rings. The second kappa shape index (κ2) is 12.4. The Kier molecular flexibility index (Phi) is 8.72. The van der Waals surface area contributed by atoms with Gasteiger partial charge in [0, 0.05) is 24.6 Å². The molecule has 8 nitrogen and oxygen atoms in total. The molecule has 2 aliphatic carbocycles. The summed E-state index contributed by atoms with van der Waals surface area (Å²) in [6.07, 6.45) is 14.5. The lowest BCUT2D eigenvalue weighted by Gasteiger charge is -2.41. The number of fused-ring (bicyclic) bond motifs is 2. The summed E-state index contributed by atoms with van der Waals surface area (Å²) in [6.45, 7) is 5.34. The molecule has 2 N–H and O–H groups in total. The van der Waals surface area contributed by atoms with Crippen LogP contribution in [0, 0.1) is 11.8 Å². The van der Waals surface area contributed by atoms with Crippen molar-refractivity contribution in [1.29, 1.82) is 0 Å². The van der Waals surface area contributed by atoms with Crippen LogP contribution in [0.4, 0.5) is 0 Å². The van der Waals surface area contributed by atoms with Crippen LogP contribution in [0.1, 0.15) is 93.3 Å². The van der Waals surface area contributed by atoms with Gasteiger partial charge in [0.15, 0.2) is 0 Å². The first-order valence-corrected chi connectivity index (χ1v) is 15.0. The average molecular weight is 547 g/mol. The van der Waals surface area contributed by atoms with Gasteiger partial charge in [0.25, 0.3) is 5.91 Å².